The van der Waals surface area contributed by atoms with E-state index in [1.54, 1.807) is 11.0 Å². The molecule has 2 saturated carbocycles. The minimum atomic E-state index is -0.472. The van der Waals surface area contributed by atoms with E-state index in [-0.39, 0.29) is 22.8 Å². The van der Waals surface area contributed by atoms with Crippen LogP contribution in [0.3, 0.4) is 0 Å². The topological polar surface area (TPSA) is 80.7 Å². The monoisotopic (exact) mass is 351 g/mol. The Balaban J connectivity index is 1.36. The molecule has 3 aliphatic rings. The van der Waals surface area contributed by atoms with Crippen molar-refractivity contribution in [2.75, 3.05) is 36.6 Å². The molecule has 3 unspecified atom stereocenters. The third kappa shape index (κ3) is 2.67. The third-order valence-electron chi connectivity index (χ3n) is 6.92. The number of hydrogen-bond donors (Lipinski definition) is 1. The standard InChI is InChI=1S/C17H26N4O4/c1-16(2)12-4-5-17(16,3)13(10-12)24-15(22)18-14-11-21(19-25-14)20-6-8-23-9-7-20/h11-13H,4-10H2,1-3H3/p+1. The van der Waals surface area contributed by atoms with Crippen LogP contribution in [-0.2, 0) is 9.47 Å². The highest BCUT2D eigenvalue weighted by Gasteiger charge is 2.62. The summed E-state index contributed by atoms with van der Waals surface area (Å²) in [5.41, 5.74) is 0.258. The van der Waals surface area contributed by atoms with Crippen molar-refractivity contribution in [2.24, 2.45) is 16.7 Å². The van der Waals surface area contributed by atoms with Crippen LogP contribution in [0.15, 0.2) is 10.7 Å². The summed E-state index contributed by atoms with van der Waals surface area (Å²) in [4.78, 5) is 13.9. The van der Waals surface area contributed by atoms with Gasteiger partial charge in [-0.3, -0.25) is 9.84 Å². The van der Waals surface area contributed by atoms with Crippen molar-refractivity contribution >= 4 is 12.0 Å². The third-order valence-corrected chi connectivity index (χ3v) is 6.92. The maximum absolute atomic E-state index is 12.3. The van der Waals surface area contributed by atoms with Crippen molar-refractivity contribution in [1.29, 1.82) is 0 Å². The molecule has 3 fully saturated rings. The lowest BCUT2D eigenvalue weighted by atomic mass is 9.70. The summed E-state index contributed by atoms with van der Waals surface area (Å²) in [6.45, 7) is 9.62. The van der Waals surface area contributed by atoms with Gasteiger partial charge < -0.3 is 9.47 Å². The summed E-state index contributed by atoms with van der Waals surface area (Å²) < 4.78 is 16.3. The fourth-order valence-electron chi connectivity index (χ4n) is 4.75. The number of hydrogen-bond acceptors (Lipinski definition) is 6. The Morgan fingerprint density at radius 3 is 2.80 bits per heavy atom. The van der Waals surface area contributed by atoms with Crippen molar-refractivity contribution in [1.82, 2.24) is 5.27 Å². The molecule has 1 aromatic rings. The summed E-state index contributed by atoms with van der Waals surface area (Å²) in [5.74, 6) is 0.910. The fraction of sp³-hybridized carbons (Fsp3) is 0.824. The van der Waals surface area contributed by atoms with E-state index >= 15 is 0 Å². The minimum absolute atomic E-state index is 0.0458. The van der Waals surface area contributed by atoms with Gasteiger partial charge in [0.15, 0.2) is 0 Å². The molecule has 2 bridgehead atoms. The van der Waals surface area contributed by atoms with Crippen molar-refractivity contribution in [3.05, 3.63) is 6.20 Å². The van der Waals surface area contributed by atoms with Crippen LogP contribution < -0.4 is 15.1 Å². The first-order valence-electron chi connectivity index (χ1n) is 9.09. The number of nitrogens with one attached hydrogen (secondary N) is 1. The van der Waals surface area contributed by atoms with Crippen molar-refractivity contribution in [3.63, 3.8) is 0 Å². The van der Waals surface area contributed by atoms with Crippen molar-refractivity contribution in [2.45, 2.75) is 46.1 Å². The van der Waals surface area contributed by atoms with Gasteiger partial charge in [0.25, 0.3) is 6.20 Å². The van der Waals surface area contributed by atoms with E-state index in [1.807, 2.05) is 5.01 Å². The number of rotatable bonds is 3. The van der Waals surface area contributed by atoms with Crippen LogP contribution in [0.25, 0.3) is 0 Å². The highest BCUT2D eigenvalue weighted by atomic mass is 16.6. The molecule has 0 radical (unpaired) electrons. The van der Waals surface area contributed by atoms with Crippen LogP contribution in [0.5, 0.6) is 0 Å². The van der Waals surface area contributed by atoms with Gasteiger partial charge in [0.05, 0.1) is 31.1 Å². The molecule has 4 rings (SSSR count). The molecule has 1 saturated heterocycles. The lowest BCUT2D eigenvalue weighted by molar-refractivity contribution is -0.759. The summed E-state index contributed by atoms with van der Waals surface area (Å²) in [5, 5.41) is 8.59. The van der Waals surface area contributed by atoms with Crippen LogP contribution in [0.4, 0.5) is 10.7 Å². The molecule has 2 aliphatic carbocycles. The maximum Gasteiger partial charge on any atom is 0.414 e. The molecule has 0 aromatic carbocycles. The second-order valence-corrected chi connectivity index (χ2v) is 8.18. The van der Waals surface area contributed by atoms with E-state index in [4.69, 9.17) is 14.0 Å². The van der Waals surface area contributed by atoms with Gasteiger partial charge in [-0.05, 0) is 30.6 Å². The zero-order valence-corrected chi connectivity index (χ0v) is 15.2. The lowest BCUT2D eigenvalue weighted by Crippen LogP contribution is -2.62. The number of morpholine rings is 1. The average Bonchev–Trinajstić information content (AvgIpc) is 3.18. The Bertz CT molecular complexity index is 655. The molecule has 8 nitrogen and oxygen atoms in total. The van der Waals surface area contributed by atoms with Crippen LogP contribution in [0, 0.1) is 16.7 Å². The Kier molecular flexibility index (Phi) is 3.90. The molecule has 1 aliphatic heterocycles. The van der Waals surface area contributed by atoms with Gasteiger partial charge in [-0.2, -0.15) is 0 Å². The number of ether oxygens (including phenoxy) is 2. The van der Waals surface area contributed by atoms with E-state index in [0.29, 0.717) is 19.1 Å². The maximum atomic E-state index is 12.3. The van der Waals surface area contributed by atoms with E-state index in [0.717, 1.165) is 25.9 Å². The van der Waals surface area contributed by atoms with Gasteiger partial charge in [-0.1, -0.05) is 20.8 Å². The molecule has 1 N–H and O–H groups in total. The van der Waals surface area contributed by atoms with Crippen molar-refractivity contribution in [3.8, 4) is 0 Å². The molecule has 1 amide bonds. The fourth-order valence-corrected chi connectivity index (χ4v) is 4.75. The Morgan fingerprint density at radius 2 is 2.16 bits per heavy atom. The largest absolute Gasteiger partial charge is 0.445 e. The number of fused-ring (bicyclic) bond motifs is 2. The van der Waals surface area contributed by atoms with Crippen molar-refractivity contribution < 1.29 is 23.6 Å². The Morgan fingerprint density at radius 1 is 1.40 bits per heavy atom. The van der Waals surface area contributed by atoms with Crippen LogP contribution >= 0.6 is 0 Å². The lowest BCUT2D eigenvalue weighted by Gasteiger charge is -2.38. The number of anilines is 1. The Labute approximate surface area is 147 Å². The predicted molar refractivity (Wildman–Crippen MR) is 88.6 cm³/mol. The molecule has 0 spiro atoms. The van der Waals surface area contributed by atoms with E-state index in [9.17, 15) is 4.79 Å². The molecule has 25 heavy (non-hydrogen) atoms. The SMILES string of the molecule is CC1(C)C2CCC1(C)C(OC(=O)Nc1c[n+](N3CCOCC3)no1)C2. The first kappa shape index (κ1) is 16.6. The summed E-state index contributed by atoms with van der Waals surface area (Å²) in [6, 6.07) is 0. The summed E-state index contributed by atoms with van der Waals surface area (Å²) in [7, 11) is 0. The summed E-state index contributed by atoms with van der Waals surface area (Å²) >= 11 is 0. The number of carbonyl (C=O) groups excluding carboxylic acids is 1. The zero-order valence-electron chi connectivity index (χ0n) is 15.2. The van der Waals surface area contributed by atoms with Gasteiger partial charge in [0.2, 0.25) is 5.27 Å². The van der Waals surface area contributed by atoms with Crippen LogP contribution in [0.2, 0.25) is 0 Å². The van der Waals surface area contributed by atoms with Gasteiger partial charge >= 0.3 is 12.0 Å². The zero-order chi connectivity index (χ0) is 17.7. The average molecular weight is 351 g/mol. The molecular formula is C17H27N4O4+. The summed E-state index contributed by atoms with van der Waals surface area (Å²) in [6.07, 6.45) is 4.42. The second kappa shape index (κ2) is 5.86. The number of carbonyl (C=O) groups is 1. The highest BCUT2D eigenvalue weighted by molar-refractivity contribution is 5.82. The highest BCUT2D eigenvalue weighted by Crippen LogP contribution is 2.66. The number of amides is 1. The predicted octanol–water partition coefficient (Wildman–Crippen LogP) is 1.69. The number of nitrogens with zero attached hydrogens (tertiary/aromatic N) is 3. The molecular weight excluding hydrogens is 324 g/mol. The van der Waals surface area contributed by atoms with Gasteiger partial charge in [-0.15, -0.1) is 5.01 Å². The first-order chi connectivity index (χ1) is 11.9. The van der Waals surface area contributed by atoms with Gasteiger partial charge in [0.1, 0.15) is 6.10 Å². The molecule has 3 atom stereocenters. The number of aromatic nitrogens is 2. The quantitative estimate of drug-likeness (QED) is 0.835. The van der Waals surface area contributed by atoms with E-state index in [2.05, 4.69) is 31.4 Å². The van der Waals surface area contributed by atoms with Crippen LogP contribution in [0.1, 0.15) is 40.0 Å². The van der Waals surface area contributed by atoms with Gasteiger partial charge in [-0.25, -0.2) is 4.79 Å². The Hall–Kier alpha value is -1.83. The van der Waals surface area contributed by atoms with Crippen LogP contribution in [-0.4, -0.2) is 43.8 Å². The smallest absolute Gasteiger partial charge is 0.414 e. The second-order valence-electron chi connectivity index (χ2n) is 8.18. The van der Waals surface area contributed by atoms with E-state index < -0.39 is 6.09 Å². The normalized spacial score (nSPS) is 33.5. The van der Waals surface area contributed by atoms with E-state index in [1.165, 1.54) is 6.42 Å². The molecule has 8 heteroatoms. The molecule has 1 aromatic heterocycles. The first-order valence-corrected chi connectivity index (χ1v) is 9.09. The molecule has 138 valence electrons. The van der Waals surface area contributed by atoms with Gasteiger partial charge in [0, 0.05) is 5.41 Å². The molecule has 2 heterocycles. The minimum Gasteiger partial charge on any atom is -0.445 e.